The van der Waals surface area contributed by atoms with Crippen LogP contribution in [0.2, 0.25) is 0 Å². The van der Waals surface area contributed by atoms with E-state index in [9.17, 15) is 9.90 Å². The van der Waals surface area contributed by atoms with Gasteiger partial charge in [0.1, 0.15) is 5.75 Å². The summed E-state index contributed by atoms with van der Waals surface area (Å²) >= 11 is 3.77. The topological polar surface area (TPSA) is 40.5 Å². The molecule has 0 unspecified atom stereocenters. The van der Waals surface area contributed by atoms with Gasteiger partial charge < -0.3 is 10.0 Å². The number of benzene rings is 1. The van der Waals surface area contributed by atoms with E-state index in [-0.39, 0.29) is 17.7 Å². The maximum atomic E-state index is 12.7. The van der Waals surface area contributed by atoms with Crippen LogP contribution in [-0.4, -0.2) is 22.0 Å². The van der Waals surface area contributed by atoms with Gasteiger partial charge >= 0.3 is 0 Å². The molecule has 1 aromatic carbocycles. The molecule has 0 radical (unpaired) electrons. The van der Waals surface area contributed by atoms with E-state index in [1.807, 2.05) is 31.4 Å². The van der Waals surface area contributed by atoms with E-state index in [0.717, 1.165) is 8.45 Å². The Labute approximate surface area is 136 Å². The minimum absolute atomic E-state index is 0.0345. The second-order valence-electron chi connectivity index (χ2n) is 4.77. The van der Waals surface area contributed by atoms with Crippen molar-refractivity contribution in [3.63, 3.8) is 0 Å². The zero-order chi connectivity index (χ0) is 14.7. The van der Waals surface area contributed by atoms with Crippen LogP contribution in [0.3, 0.4) is 0 Å². The molecule has 1 heterocycles. The van der Waals surface area contributed by atoms with Crippen molar-refractivity contribution in [3.8, 4) is 5.75 Å². The first-order valence-corrected chi connectivity index (χ1v) is 8.26. The Morgan fingerprint density at radius 1 is 1.40 bits per heavy atom. The van der Waals surface area contributed by atoms with E-state index in [1.54, 1.807) is 34.4 Å². The second-order valence-corrected chi connectivity index (χ2v) is 7.05. The molecular formula is C15H16INO2S. The average Bonchev–Trinajstić information content (AvgIpc) is 2.90. The van der Waals surface area contributed by atoms with Gasteiger partial charge in [-0.05, 0) is 66.1 Å². The molecule has 1 aromatic heterocycles. The predicted octanol–water partition coefficient (Wildman–Crippen LogP) is 4.11. The van der Waals surface area contributed by atoms with Gasteiger partial charge in [0.2, 0.25) is 0 Å². The van der Waals surface area contributed by atoms with Gasteiger partial charge in [0.05, 0.1) is 12.1 Å². The Balaban J connectivity index is 2.29. The first kappa shape index (κ1) is 15.3. The molecule has 0 aliphatic rings. The van der Waals surface area contributed by atoms with Gasteiger partial charge in [0.25, 0.3) is 5.91 Å². The number of phenolic OH excluding ortho intramolecular Hbond substituents is 1. The van der Waals surface area contributed by atoms with Gasteiger partial charge in [-0.25, -0.2) is 0 Å². The molecule has 1 N–H and O–H groups in total. The van der Waals surface area contributed by atoms with Crippen LogP contribution >= 0.6 is 33.9 Å². The van der Waals surface area contributed by atoms with E-state index in [1.165, 1.54) is 0 Å². The number of hydrogen-bond donors (Lipinski definition) is 1. The van der Waals surface area contributed by atoms with Crippen molar-refractivity contribution in [2.45, 2.75) is 26.4 Å². The van der Waals surface area contributed by atoms with Crippen molar-refractivity contribution in [3.05, 3.63) is 49.7 Å². The third-order valence-electron chi connectivity index (χ3n) is 2.98. The molecule has 106 valence electrons. The first-order chi connectivity index (χ1) is 9.49. The molecule has 0 saturated carbocycles. The van der Waals surface area contributed by atoms with E-state index < -0.39 is 0 Å². The number of phenols is 1. The Morgan fingerprint density at radius 3 is 2.75 bits per heavy atom. The number of aromatic hydroxyl groups is 1. The summed E-state index contributed by atoms with van der Waals surface area (Å²) in [7, 11) is 0. The number of carbonyl (C=O) groups is 1. The lowest BCUT2D eigenvalue weighted by Gasteiger charge is -2.26. The summed E-state index contributed by atoms with van der Waals surface area (Å²) in [4.78, 5) is 15.6. The molecule has 0 saturated heterocycles. The van der Waals surface area contributed by atoms with Gasteiger partial charge in [0.15, 0.2) is 0 Å². The SMILES string of the molecule is CC(C)N(Cc1cccs1)C(=O)c1cc(I)ccc1O. The highest BCUT2D eigenvalue weighted by Gasteiger charge is 2.22. The fraction of sp³-hybridized carbons (Fsp3) is 0.267. The van der Waals surface area contributed by atoms with Gasteiger partial charge in [0, 0.05) is 14.5 Å². The van der Waals surface area contributed by atoms with E-state index >= 15 is 0 Å². The molecule has 0 fully saturated rings. The number of rotatable bonds is 4. The minimum Gasteiger partial charge on any atom is -0.507 e. The van der Waals surface area contributed by atoms with Gasteiger partial charge in [-0.15, -0.1) is 11.3 Å². The summed E-state index contributed by atoms with van der Waals surface area (Å²) in [5.74, 6) is -0.100. The predicted molar refractivity (Wildman–Crippen MR) is 90.2 cm³/mol. The maximum absolute atomic E-state index is 12.7. The van der Waals surface area contributed by atoms with Crippen LogP contribution in [0.25, 0.3) is 0 Å². The van der Waals surface area contributed by atoms with Crippen LogP contribution in [-0.2, 0) is 6.54 Å². The van der Waals surface area contributed by atoms with E-state index in [2.05, 4.69) is 22.6 Å². The van der Waals surface area contributed by atoms with Gasteiger partial charge in [-0.3, -0.25) is 4.79 Å². The molecule has 5 heteroatoms. The summed E-state index contributed by atoms with van der Waals surface area (Å²) < 4.78 is 0.934. The number of nitrogens with zero attached hydrogens (tertiary/aromatic N) is 1. The second kappa shape index (κ2) is 6.58. The molecule has 2 aromatic rings. The lowest BCUT2D eigenvalue weighted by molar-refractivity contribution is 0.0689. The van der Waals surface area contributed by atoms with Crippen LogP contribution in [0, 0.1) is 3.57 Å². The molecule has 0 bridgehead atoms. The third kappa shape index (κ3) is 3.52. The fourth-order valence-corrected chi connectivity index (χ4v) is 3.09. The number of hydrogen-bond acceptors (Lipinski definition) is 3. The average molecular weight is 401 g/mol. The van der Waals surface area contributed by atoms with E-state index in [4.69, 9.17) is 0 Å². The zero-order valence-electron chi connectivity index (χ0n) is 11.3. The molecule has 0 atom stereocenters. The highest BCUT2D eigenvalue weighted by atomic mass is 127. The van der Waals surface area contributed by atoms with Crippen LogP contribution in [0.15, 0.2) is 35.7 Å². The van der Waals surface area contributed by atoms with Crippen LogP contribution < -0.4 is 0 Å². The standard InChI is InChI=1S/C15H16INO2S/c1-10(2)17(9-12-4-3-7-20-12)15(19)13-8-11(16)5-6-14(13)18/h3-8,10,18H,9H2,1-2H3. The maximum Gasteiger partial charge on any atom is 0.258 e. The lowest BCUT2D eigenvalue weighted by Crippen LogP contribution is -2.36. The first-order valence-electron chi connectivity index (χ1n) is 6.31. The highest BCUT2D eigenvalue weighted by molar-refractivity contribution is 14.1. The number of thiophene rings is 1. The third-order valence-corrected chi connectivity index (χ3v) is 4.51. The van der Waals surface area contributed by atoms with Gasteiger partial charge in [-0.1, -0.05) is 6.07 Å². The molecule has 0 aliphatic heterocycles. The summed E-state index contributed by atoms with van der Waals surface area (Å²) in [6.45, 7) is 4.53. The van der Waals surface area contributed by atoms with Crippen molar-refractivity contribution in [2.24, 2.45) is 0 Å². The minimum atomic E-state index is -0.135. The molecule has 1 amide bonds. The number of halogens is 1. The largest absolute Gasteiger partial charge is 0.507 e. The monoisotopic (exact) mass is 401 g/mol. The van der Waals surface area contributed by atoms with Crippen molar-refractivity contribution < 1.29 is 9.90 Å². The summed E-state index contributed by atoms with van der Waals surface area (Å²) in [5.41, 5.74) is 0.363. The Hall–Kier alpha value is -1.08. The molecule has 3 nitrogen and oxygen atoms in total. The van der Waals surface area contributed by atoms with Crippen molar-refractivity contribution >= 4 is 39.8 Å². The van der Waals surface area contributed by atoms with Crippen molar-refractivity contribution in [1.29, 1.82) is 0 Å². The van der Waals surface area contributed by atoms with Crippen molar-refractivity contribution in [2.75, 3.05) is 0 Å². The van der Waals surface area contributed by atoms with E-state index in [0.29, 0.717) is 12.1 Å². The Kier molecular flexibility index (Phi) is 5.04. The lowest BCUT2D eigenvalue weighted by atomic mass is 10.1. The smallest absolute Gasteiger partial charge is 0.258 e. The molecule has 20 heavy (non-hydrogen) atoms. The number of carbonyl (C=O) groups excluding carboxylic acids is 1. The summed E-state index contributed by atoms with van der Waals surface area (Å²) in [6, 6.07) is 9.14. The summed E-state index contributed by atoms with van der Waals surface area (Å²) in [5, 5.41) is 11.9. The van der Waals surface area contributed by atoms with Crippen LogP contribution in [0.1, 0.15) is 29.1 Å². The van der Waals surface area contributed by atoms with Gasteiger partial charge in [-0.2, -0.15) is 0 Å². The zero-order valence-corrected chi connectivity index (χ0v) is 14.3. The van der Waals surface area contributed by atoms with Crippen molar-refractivity contribution in [1.82, 2.24) is 4.90 Å². The number of amides is 1. The highest BCUT2D eigenvalue weighted by Crippen LogP contribution is 2.24. The Morgan fingerprint density at radius 2 is 2.15 bits per heavy atom. The molecule has 0 aliphatic carbocycles. The normalized spacial score (nSPS) is 10.8. The molecule has 0 spiro atoms. The summed E-state index contributed by atoms with van der Waals surface area (Å²) in [6.07, 6.45) is 0. The van der Waals surface area contributed by atoms with Crippen LogP contribution in [0.4, 0.5) is 0 Å². The molecule has 2 rings (SSSR count). The molecular weight excluding hydrogens is 385 g/mol. The Bertz CT molecular complexity index is 596. The quantitative estimate of drug-likeness (QED) is 0.784. The fourth-order valence-electron chi connectivity index (χ4n) is 1.89. The van der Waals surface area contributed by atoms with Crippen LogP contribution in [0.5, 0.6) is 5.75 Å².